The summed E-state index contributed by atoms with van der Waals surface area (Å²) in [5.74, 6) is -9.48. The van der Waals surface area contributed by atoms with Gasteiger partial charge in [0.15, 0.2) is 5.78 Å². The monoisotopic (exact) mass is 556 g/mol. The Kier molecular flexibility index (Phi) is 11.0. The lowest BCUT2D eigenvalue weighted by molar-refractivity contribution is -0.321. The van der Waals surface area contributed by atoms with Crippen LogP contribution in [-0.2, 0) is 28.7 Å². The molecular weight excluding hydrogens is 523 g/mol. The van der Waals surface area contributed by atoms with Gasteiger partial charge in [-0.05, 0) is 38.0 Å². The van der Waals surface area contributed by atoms with Crippen LogP contribution >= 0.6 is 0 Å². The van der Waals surface area contributed by atoms with Gasteiger partial charge in [-0.25, -0.2) is 8.78 Å². The smallest absolute Gasteiger partial charge is 0.356 e. The Morgan fingerprint density at radius 2 is 1.74 bits per heavy atom. The molecule has 0 bridgehead atoms. The maximum Gasteiger partial charge on any atom is 0.522 e. The Morgan fingerprint density at radius 1 is 1.05 bits per heavy atom. The summed E-state index contributed by atoms with van der Waals surface area (Å²) in [6, 6.07) is -4.52. The molecule has 0 radical (unpaired) electrons. The number of carbonyl (C=O) groups is 5. The second-order valence-electron chi connectivity index (χ2n) is 9.96. The van der Waals surface area contributed by atoms with Crippen LogP contribution in [0, 0.1) is 11.8 Å². The highest BCUT2D eigenvalue weighted by atomic mass is 19.4. The number of ketones is 1. The number of hydrogen-bond acceptors (Lipinski definition) is 6. The quantitative estimate of drug-likeness (QED) is 0.223. The number of rotatable bonds is 11. The molecule has 1 saturated carbocycles. The van der Waals surface area contributed by atoms with Crippen LogP contribution in [0.15, 0.2) is 0 Å². The van der Waals surface area contributed by atoms with Crippen molar-refractivity contribution in [2.24, 2.45) is 11.8 Å². The van der Waals surface area contributed by atoms with Crippen LogP contribution in [0.25, 0.3) is 0 Å². The molecule has 2 aliphatic rings. The summed E-state index contributed by atoms with van der Waals surface area (Å²) in [6.07, 6.45) is -4.93. The fraction of sp³-hybridized carbons (Fsp3) is 0.783. The van der Waals surface area contributed by atoms with Gasteiger partial charge in [0, 0.05) is 18.9 Å². The number of carbonyl (C=O) groups excluding carboxylic acids is 5. The van der Waals surface area contributed by atoms with Crippen molar-refractivity contribution >= 4 is 29.4 Å². The molecule has 1 aliphatic heterocycles. The number of nitrogens with one attached hydrogen (secondary N) is 4. The third-order valence-corrected chi connectivity index (χ3v) is 6.37. The Labute approximate surface area is 216 Å². The van der Waals surface area contributed by atoms with Crippen molar-refractivity contribution in [3.8, 4) is 0 Å². The molecule has 0 aromatic carbocycles. The summed E-state index contributed by atoms with van der Waals surface area (Å²) in [5.41, 5.74) is 0. The fourth-order valence-corrected chi connectivity index (χ4v) is 4.37. The summed E-state index contributed by atoms with van der Waals surface area (Å²) in [7, 11) is 0. The zero-order chi connectivity index (χ0) is 28.7. The largest absolute Gasteiger partial charge is 0.522 e. The highest BCUT2D eigenvalue weighted by molar-refractivity contribution is 6.35. The third-order valence-electron chi connectivity index (χ3n) is 6.37. The van der Waals surface area contributed by atoms with E-state index >= 15 is 0 Å². The standard InChI is InChI=1S/C23H33F5N4O6/c1-12(2)9-15(31-20(36)21(37)32-17-5-3-4-7-22(17,24)25)19(35)30-14(10-13-6-8-29-18(13)34)16(33)11-38-23(26,27)28/h12-15,17H,3-11H2,1-2H3,(H,29,34)(H,30,35)(H,31,36)(H,32,37)/t13-,14-,15-,17?/m0/s1. The number of hydrogen-bond donors (Lipinski definition) is 4. The molecule has 0 aromatic rings. The molecule has 2 fully saturated rings. The van der Waals surface area contributed by atoms with Gasteiger partial charge in [-0.15, -0.1) is 13.2 Å². The van der Waals surface area contributed by atoms with Crippen molar-refractivity contribution in [1.82, 2.24) is 21.3 Å². The van der Waals surface area contributed by atoms with Crippen LogP contribution in [0.3, 0.4) is 0 Å². The third kappa shape index (κ3) is 9.80. The molecule has 38 heavy (non-hydrogen) atoms. The van der Waals surface area contributed by atoms with Crippen molar-refractivity contribution in [3.63, 3.8) is 0 Å². The Morgan fingerprint density at radius 3 is 2.29 bits per heavy atom. The van der Waals surface area contributed by atoms with E-state index in [0.29, 0.717) is 13.0 Å². The predicted molar refractivity (Wildman–Crippen MR) is 121 cm³/mol. The van der Waals surface area contributed by atoms with E-state index in [1.807, 2.05) is 5.32 Å². The highest BCUT2D eigenvalue weighted by Gasteiger charge is 2.43. The zero-order valence-corrected chi connectivity index (χ0v) is 21.1. The molecule has 4 atom stereocenters. The van der Waals surface area contributed by atoms with Gasteiger partial charge in [0.2, 0.25) is 11.8 Å². The van der Waals surface area contributed by atoms with E-state index in [0.717, 1.165) is 0 Å². The molecule has 1 saturated heterocycles. The van der Waals surface area contributed by atoms with Gasteiger partial charge in [-0.1, -0.05) is 20.3 Å². The number of ether oxygens (including phenoxy) is 1. The Bertz CT molecular complexity index is 898. The molecule has 1 unspecified atom stereocenters. The molecule has 4 amide bonds. The minimum Gasteiger partial charge on any atom is -0.356 e. The van der Waals surface area contributed by atoms with Crippen molar-refractivity contribution in [1.29, 1.82) is 0 Å². The first-order valence-corrected chi connectivity index (χ1v) is 12.4. The van der Waals surface area contributed by atoms with E-state index in [1.54, 1.807) is 13.8 Å². The van der Waals surface area contributed by atoms with Crippen LogP contribution in [0.5, 0.6) is 0 Å². The second kappa shape index (κ2) is 13.3. The molecule has 15 heteroatoms. The summed E-state index contributed by atoms with van der Waals surface area (Å²) in [5, 5.41) is 8.94. The molecule has 1 aliphatic carbocycles. The first-order chi connectivity index (χ1) is 17.6. The first-order valence-electron chi connectivity index (χ1n) is 12.4. The number of halogens is 5. The molecule has 0 spiro atoms. The Balaban J connectivity index is 2.11. The zero-order valence-electron chi connectivity index (χ0n) is 21.1. The van der Waals surface area contributed by atoms with Gasteiger partial charge < -0.3 is 21.3 Å². The summed E-state index contributed by atoms with van der Waals surface area (Å²) < 4.78 is 69.1. The van der Waals surface area contributed by atoms with E-state index in [4.69, 9.17) is 0 Å². The van der Waals surface area contributed by atoms with Crippen molar-refractivity contribution < 1.29 is 50.7 Å². The average Bonchev–Trinajstić information content (AvgIpc) is 3.21. The lowest BCUT2D eigenvalue weighted by Crippen LogP contribution is -2.57. The van der Waals surface area contributed by atoms with Crippen LogP contribution < -0.4 is 21.3 Å². The van der Waals surface area contributed by atoms with Gasteiger partial charge >= 0.3 is 18.2 Å². The van der Waals surface area contributed by atoms with Crippen LogP contribution in [-0.4, -0.2) is 73.0 Å². The molecule has 0 aromatic heterocycles. The minimum absolute atomic E-state index is 0.0273. The van der Waals surface area contributed by atoms with E-state index < -0.39 is 78.8 Å². The molecular formula is C23H33F5N4O6. The number of alkyl halides is 5. The minimum atomic E-state index is -5.11. The lowest BCUT2D eigenvalue weighted by atomic mass is 9.91. The summed E-state index contributed by atoms with van der Waals surface area (Å²) in [4.78, 5) is 62.2. The SMILES string of the molecule is CC(C)C[C@H](NC(=O)C(=O)NC1CCCCC1(F)F)C(=O)N[C@@H](C[C@@H]1CCNC1=O)C(=O)COC(F)(F)F. The van der Waals surface area contributed by atoms with Crippen molar-refractivity contribution in [2.45, 2.75) is 89.2 Å². The molecule has 10 nitrogen and oxygen atoms in total. The Hall–Kier alpha value is -2.84. The van der Waals surface area contributed by atoms with E-state index in [-0.39, 0.29) is 38.0 Å². The van der Waals surface area contributed by atoms with Crippen molar-refractivity contribution in [2.75, 3.05) is 13.2 Å². The highest BCUT2D eigenvalue weighted by Crippen LogP contribution is 2.33. The topological polar surface area (TPSA) is 143 Å². The van der Waals surface area contributed by atoms with Gasteiger partial charge in [-0.3, -0.25) is 28.7 Å². The lowest BCUT2D eigenvalue weighted by Gasteiger charge is -2.31. The summed E-state index contributed by atoms with van der Waals surface area (Å²) >= 11 is 0. The van der Waals surface area contributed by atoms with Crippen molar-refractivity contribution in [3.05, 3.63) is 0 Å². The number of amides is 4. The van der Waals surface area contributed by atoms with Crippen LogP contribution in [0.4, 0.5) is 22.0 Å². The van der Waals surface area contributed by atoms with Gasteiger partial charge in [0.05, 0.1) is 12.1 Å². The second-order valence-corrected chi connectivity index (χ2v) is 9.96. The maximum atomic E-state index is 14.1. The molecule has 4 N–H and O–H groups in total. The van der Waals surface area contributed by atoms with Crippen LogP contribution in [0.2, 0.25) is 0 Å². The van der Waals surface area contributed by atoms with E-state index in [1.165, 1.54) is 0 Å². The van der Waals surface area contributed by atoms with Gasteiger partial charge in [0.1, 0.15) is 12.6 Å². The average molecular weight is 557 g/mol. The normalized spacial score (nSPS) is 22.8. The van der Waals surface area contributed by atoms with Gasteiger partial charge in [0.25, 0.3) is 5.92 Å². The van der Waals surface area contributed by atoms with E-state index in [9.17, 15) is 45.9 Å². The number of Topliss-reactive ketones (excluding diaryl/α,β-unsaturated/α-hetero) is 1. The first kappa shape index (κ1) is 31.4. The van der Waals surface area contributed by atoms with E-state index in [2.05, 4.69) is 20.7 Å². The maximum absolute atomic E-state index is 14.1. The van der Waals surface area contributed by atoms with Gasteiger partial charge in [-0.2, -0.15) is 0 Å². The predicted octanol–water partition coefficient (Wildman–Crippen LogP) is 1.33. The fourth-order valence-electron chi connectivity index (χ4n) is 4.37. The summed E-state index contributed by atoms with van der Waals surface area (Å²) in [6.45, 7) is 2.23. The molecule has 216 valence electrons. The molecule has 1 heterocycles. The van der Waals surface area contributed by atoms with Crippen LogP contribution in [0.1, 0.15) is 58.8 Å². The molecule has 2 rings (SSSR count).